The van der Waals surface area contributed by atoms with Gasteiger partial charge in [0.05, 0.1) is 11.9 Å². The molecule has 1 aliphatic rings. The highest BCUT2D eigenvalue weighted by Gasteiger charge is 2.22. The van der Waals surface area contributed by atoms with Crippen molar-refractivity contribution in [1.29, 1.82) is 0 Å². The van der Waals surface area contributed by atoms with Crippen LogP contribution in [0.4, 0.5) is 16.2 Å². The maximum absolute atomic E-state index is 12.1. The second kappa shape index (κ2) is 5.09. The molecule has 1 aromatic carbocycles. The number of hydrogen-bond acceptors (Lipinski definition) is 4. The molecule has 9 heteroatoms. The number of aromatic nitrogens is 2. The zero-order chi connectivity index (χ0) is 14.9. The van der Waals surface area contributed by atoms with E-state index in [2.05, 4.69) is 20.2 Å². The number of carbonyl (C=O) groups excluding carboxylic acids is 1. The first kappa shape index (κ1) is 13.4. The SMILES string of the molecule is O=C1NCCN1c1cccc(NS(=O)(=O)c2cn[nH]c2)c1. The molecule has 3 rings (SSSR count). The van der Waals surface area contributed by atoms with Crippen LogP contribution in [0.5, 0.6) is 0 Å². The van der Waals surface area contributed by atoms with Crippen molar-refractivity contribution in [2.75, 3.05) is 22.7 Å². The van der Waals surface area contributed by atoms with Crippen LogP contribution in [0.25, 0.3) is 0 Å². The predicted molar refractivity (Wildman–Crippen MR) is 76.6 cm³/mol. The Morgan fingerprint density at radius 2 is 2.19 bits per heavy atom. The smallest absolute Gasteiger partial charge is 0.321 e. The molecule has 0 unspecified atom stereocenters. The van der Waals surface area contributed by atoms with Gasteiger partial charge in [0.15, 0.2) is 0 Å². The van der Waals surface area contributed by atoms with E-state index in [9.17, 15) is 13.2 Å². The molecule has 3 N–H and O–H groups in total. The number of nitrogens with one attached hydrogen (secondary N) is 3. The van der Waals surface area contributed by atoms with E-state index in [1.54, 1.807) is 29.2 Å². The maximum Gasteiger partial charge on any atom is 0.321 e. The number of carbonyl (C=O) groups is 1. The van der Waals surface area contributed by atoms with Gasteiger partial charge in [0.25, 0.3) is 10.0 Å². The van der Waals surface area contributed by atoms with Crippen LogP contribution in [-0.4, -0.2) is 37.7 Å². The topological polar surface area (TPSA) is 107 Å². The zero-order valence-electron chi connectivity index (χ0n) is 10.9. The van der Waals surface area contributed by atoms with Gasteiger partial charge in [0.2, 0.25) is 0 Å². The van der Waals surface area contributed by atoms with Crippen LogP contribution in [0, 0.1) is 0 Å². The summed E-state index contributed by atoms with van der Waals surface area (Å²) in [6.45, 7) is 1.13. The van der Waals surface area contributed by atoms with Crippen molar-refractivity contribution in [3.63, 3.8) is 0 Å². The van der Waals surface area contributed by atoms with E-state index in [0.29, 0.717) is 24.5 Å². The summed E-state index contributed by atoms with van der Waals surface area (Å²) in [6.07, 6.45) is 2.51. The van der Waals surface area contributed by atoms with E-state index in [0.717, 1.165) is 0 Å². The van der Waals surface area contributed by atoms with Crippen LogP contribution >= 0.6 is 0 Å². The van der Waals surface area contributed by atoms with Crippen LogP contribution in [0.2, 0.25) is 0 Å². The largest absolute Gasteiger partial charge is 0.336 e. The molecule has 0 saturated carbocycles. The molecule has 1 fully saturated rings. The first-order chi connectivity index (χ1) is 10.1. The van der Waals surface area contributed by atoms with Crippen molar-refractivity contribution in [2.45, 2.75) is 4.90 Å². The minimum absolute atomic E-state index is 0.0480. The summed E-state index contributed by atoms with van der Waals surface area (Å²) in [5.74, 6) is 0. The number of urea groups is 1. The van der Waals surface area contributed by atoms with Crippen LogP contribution in [-0.2, 0) is 10.0 Å². The van der Waals surface area contributed by atoms with Crippen molar-refractivity contribution in [2.24, 2.45) is 0 Å². The molecular formula is C12H13N5O3S. The first-order valence-electron chi connectivity index (χ1n) is 6.23. The van der Waals surface area contributed by atoms with Gasteiger partial charge in [-0.1, -0.05) is 6.07 Å². The summed E-state index contributed by atoms with van der Waals surface area (Å²) >= 11 is 0. The summed E-state index contributed by atoms with van der Waals surface area (Å²) in [5.41, 5.74) is 1.02. The Bertz CT molecular complexity index is 757. The lowest BCUT2D eigenvalue weighted by Crippen LogP contribution is -2.27. The fraction of sp³-hybridized carbons (Fsp3) is 0.167. The number of rotatable bonds is 4. The van der Waals surface area contributed by atoms with Gasteiger partial charge in [-0.05, 0) is 18.2 Å². The normalized spacial score (nSPS) is 15.0. The molecule has 2 heterocycles. The fourth-order valence-corrected chi connectivity index (χ4v) is 3.01. The molecule has 0 radical (unpaired) electrons. The number of benzene rings is 1. The van der Waals surface area contributed by atoms with E-state index in [4.69, 9.17) is 0 Å². The van der Waals surface area contributed by atoms with Crippen molar-refractivity contribution in [3.05, 3.63) is 36.7 Å². The monoisotopic (exact) mass is 307 g/mol. The van der Waals surface area contributed by atoms with Gasteiger partial charge in [-0.15, -0.1) is 0 Å². The summed E-state index contributed by atoms with van der Waals surface area (Å²) in [5, 5.41) is 8.76. The second-order valence-electron chi connectivity index (χ2n) is 4.47. The number of amides is 2. The van der Waals surface area contributed by atoms with Crippen LogP contribution in [0.1, 0.15) is 0 Å². The Labute approximate surface area is 121 Å². The van der Waals surface area contributed by atoms with Crippen molar-refractivity contribution in [3.8, 4) is 0 Å². The third-order valence-electron chi connectivity index (χ3n) is 3.05. The molecule has 0 bridgehead atoms. The molecule has 2 amide bonds. The number of nitrogens with zero attached hydrogens (tertiary/aromatic N) is 2. The van der Waals surface area contributed by atoms with Crippen molar-refractivity contribution in [1.82, 2.24) is 15.5 Å². The maximum atomic E-state index is 12.1. The van der Waals surface area contributed by atoms with Crippen molar-refractivity contribution < 1.29 is 13.2 Å². The lowest BCUT2D eigenvalue weighted by atomic mass is 10.2. The molecular weight excluding hydrogens is 294 g/mol. The number of hydrogen-bond donors (Lipinski definition) is 3. The van der Waals surface area contributed by atoms with Gasteiger partial charge in [0.1, 0.15) is 4.90 Å². The minimum atomic E-state index is -3.69. The average molecular weight is 307 g/mol. The third-order valence-corrected chi connectivity index (χ3v) is 4.40. The van der Waals surface area contributed by atoms with E-state index in [-0.39, 0.29) is 10.9 Å². The lowest BCUT2D eigenvalue weighted by Gasteiger charge is -2.15. The van der Waals surface area contributed by atoms with Gasteiger partial charge in [0, 0.05) is 25.0 Å². The lowest BCUT2D eigenvalue weighted by molar-refractivity contribution is 0.252. The summed E-state index contributed by atoms with van der Waals surface area (Å²) < 4.78 is 26.6. The Balaban J connectivity index is 1.85. The highest BCUT2D eigenvalue weighted by atomic mass is 32.2. The first-order valence-corrected chi connectivity index (χ1v) is 7.72. The molecule has 8 nitrogen and oxygen atoms in total. The standard InChI is InChI=1S/C12H13N5O3S/c18-12-13-4-5-17(12)10-3-1-2-9(6-10)16-21(19,20)11-7-14-15-8-11/h1-3,6-8,16H,4-5H2,(H,13,18)(H,14,15). The molecule has 2 aromatic rings. The Hall–Kier alpha value is -2.55. The molecule has 110 valence electrons. The van der Waals surface area contributed by atoms with E-state index < -0.39 is 10.0 Å². The van der Waals surface area contributed by atoms with Gasteiger partial charge in [-0.2, -0.15) is 5.10 Å². The quantitative estimate of drug-likeness (QED) is 0.774. The Morgan fingerprint density at radius 3 is 2.86 bits per heavy atom. The Morgan fingerprint density at radius 1 is 1.33 bits per heavy atom. The Kier molecular flexibility index (Phi) is 3.26. The highest BCUT2D eigenvalue weighted by Crippen LogP contribution is 2.22. The predicted octanol–water partition coefficient (Wildman–Crippen LogP) is 0.740. The van der Waals surface area contributed by atoms with E-state index in [1.165, 1.54) is 12.4 Å². The average Bonchev–Trinajstić information content (AvgIpc) is 3.09. The number of aromatic amines is 1. The summed E-state index contributed by atoms with van der Waals surface area (Å²) in [6, 6.07) is 6.48. The van der Waals surface area contributed by atoms with Gasteiger partial charge >= 0.3 is 6.03 Å². The van der Waals surface area contributed by atoms with Crippen LogP contribution in [0.15, 0.2) is 41.6 Å². The zero-order valence-corrected chi connectivity index (χ0v) is 11.7. The van der Waals surface area contributed by atoms with Gasteiger partial charge in [-0.3, -0.25) is 14.7 Å². The summed E-state index contributed by atoms with van der Waals surface area (Å²) in [7, 11) is -3.69. The molecule has 21 heavy (non-hydrogen) atoms. The minimum Gasteiger partial charge on any atom is -0.336 e. The molecule has 1 aromatic heterocycles. The third kappa shape index (κ3) is 2.68. The molecule has 1 aliphatic heterocycles. The summed E-state index contributed by atoms with van der Waals surface area (Å²) in [4.78, 5) is 13.2. The molecule has 0 atom stereocenters. The van der Waals surface area contributed by atoms with E-state index >= 15 is 0 Å². The number of anilines is 2. The van der Waals surface area contributed by atoms with Gasteiger partial charge in [-0.25, -0.2) is 13.2 Å². The number of H-pyrrole nitrogens is 1. The molecule has 0 spiro atoms. The molecule has 1 saturated heterocycles. The highest BCUT2D eigenvalue weighted by molar-refractivity contribution is 7.92. The fourth-order valence-electron chi connectivity index (χ4n) is 2.06. The number of sulfonamides is 1. The van der Waals surface area contributed by atoms with Gasteiger partial charge < -0.3 is 5.32 Å². The van der Waals surface area contributed by atoms with Crippen molar-refractivity contribution >= 4 is 27.4 Å². The van der Waals surface area contributed by atoms with Crippen LogP contribution < -0.4 is 14.9 Å². The van der Waals surface area contributed by atoms with E-state index in [1.807, 2.05) is 0 Å². The second-order valence-corrected chi connectivity index (χ2v) is 6.16. The van der Waals surface area contributed by atoms with Crippen LogP contribution in [0.3, 0.4) is 0 Å². The molecule has 0 aliphatic carbocycles.